The molecule has 82 valence electrons. The second-order valence-electron chi connectivity index (χ2n) is 3.37. The predicted molar refractivity (Wildman–Crippen MR) is 59.3 cm³/mol. The summed E-state index contributed by atoms with van der Waals surface area (Å²) in [7, 11) is 0. The molecule has 0 aliphatic carbocycles. The van der Waals surface area contributed by atoms with Crippen molar-refractivity contribution in [2.24, 2.45) is 0 Å². The van der Waals surface area contributed by atoms with E-state index < -0.39 is 4.92 Å². The molecular formula is C10H9N3O3. The van der Waals surface area contributed by atoms with Crippen LogP contribution < -0.4 is 5.32 Å². The lowest BCUT2D eigenvalue weighted by molar-refractivity contribution is -0.383. The zero-order valence-electron chi connectivity index (χ0n) is 8.48. The summed E-state index contributed by atoms with van der Waals surface area (Å²) in [6, 6.07) is 4.71. The third kappa shape index (κ3) is 1.72. The van der Waals surface area contributed by atoms with Gasteiger partial charge in [0.15, 0.2) is 0 Å². The summed E-state index contributed by atoms with van der Waals surface area (Å²) in [5, 5.41) is 14.0. The Morgan fingerprint density at radius 1 is 1.50 bits per heavy atom. The van der Waals surface area contributed by atoms with Crippen molar-refractivity contribution < 1.29 is 9.72 Å². The number of fused-ring (bicyclic) bond motifs is 1. The lowest BCUT2D eigenvalue weighted by atomic mass is 10.2. The Bertz CT molecular complexity index is 574. The van der Waals surface area contributed by atoms with Crippen LogP contribution in [-0.2, 0) is 4.79 Å². The first kappa shape index (κ1) is 10.2. The molecule has 0 unspecified atom stereocenters. The van der Waals surface area contributed by atoms with Gasteiger partial charge in [0.05, 0.1) is 4.92 Å². The van der Waals surface area contributed by atoms with Gasteiger partial charge in [-0.3, -0.25) is 14.9 Å². The van der Waals surface area contributed by atoms with E-state index in [-0.39, 0.29) is 17.3 Å². The summed E-state index contributed by atoms with van der Waals surface area (Å²) in [5.74, 6) is -0.339. The van der Waals surface area contributed by atoms with Crippen molar-refractivity contribution in [1.82, 2.24) is 4.98 Å². The normalized spacial score (nSPS) is 10.3. The summed E-state index contributed by atoms with van der Waals surface area (Å²) in [6.07, 6.45) is 1.69. The highest BCUT2D eigenvalue weighted by Crippen LogP contribution is 2.29. The third-order valence-corrected chi connectivity index (χ3v) is 2.18. The Balaban J connectivity index is 2.62. The van der Waals surface area contributed by atoms with Crippen molar-refractivity contribution in [3.63, 3.8) is 0 Å². The van der Waals surface area contributed by atoms with E-state index in [0.717, 1.165) is 10.9 Å². The molecule has 1 aromatic heterocycles. The van der Waals surface area contributed by atoms with E-state index in [2.05, 4.69) is 10.3 Å². The number of amides is 1. The molecule has 0 saturated heterocycles. The Morgan fingerprint density at radius 2 is 2.25 bits per heavy atom. The van der Waals surface area contributed by atoms with Crippen molar-refractivity contribution >= 4 is 28.2 Å². The zero-order valence-corrected chi connectivity index (χ0v) is 8.48. The van der Waals surface area contributed by atoms with Crippen LogP contribution in [0.5, 0.6) is 0 Å². The number of nitrogens with zero attached hydrogens (tertiary/aromatic N) is 1. The summed E-state index contributed by atoms with van der Waals surface area (Å²) in [6.45, 7) is 1.31. The number of carbonyl (C=O) groups excluding carboxylic acids is 1. The highest BCUT2D eigenvalue weighted by molar-refractivity contribution is 5.96. The van der Waals surface area contributed by atoms with Gasteiger partial charge < -0.3 is 10.3 Å². The number of aromatic nitrogens is 1. The quantitative estimate of drug-likeness (QED) is 0.598. The average Bonchev–Trinajstić information content (AvgIpc) is 2.62. The maximum absolute atomic E-state index is 10.9. The Labute approximate surface area is 90.4 Å². The molecule has 16 heavy (non-hydrogen) atoms. The van der Waals surface area contributed by atoms with E-state index in [0.29, 0.717) is 0 Å². The molecule has 1 amide bonds. The van der Waals surface area contributed by atoms with Gasteiger partial charge in [0, 0.05) is 30.1 Å². The molecular weight excluding hydrogens is 210 g/mol. The zero-order chi connectivity index (χ0) is 11.7. The molecule has 2 rings (SSSR count). The minimum absolute atomic E-state index is 0.109. The number of hydrogen-bond acceptors (Lipinski definition) is 3. The van der Waals surface area contributed by atoms with Crippen LogP contribution >= 0.6 is 0 Å². The first-order valence-corrected chi connectivity index (χ1v) is 4.61. The van der Waals surface area contributed by atoms with Crippen molar-refractivity contribution in [3.8, 4) is 0 Å². The molecule has 1 aromatic carbocycles. The van der Waals surface area contributed by atoms with Gasteiger partial charge in [0.2, 0.25) is 5.91 Å². The van der Waals surface area contributed by atoms with E-state index >= 15 is 0 Å². The van der Waals surface area contributed by atoms with Crippen LogP contribution in [0.3, 0.4) is 0 Å². The molecule has 0 spiro atoms. The lowest BCUT2D eigenvalue weighted by Gasteiger charge is -2.03. The van der Waals surface area contributed by atoms with Crippen molar-refractivity contribution in [1.29, 1.82) is 0 Å². The monoisotopic (exact) mass is 219 g/mol. The molecule has 0 fully saturated rings. The molecule has 0 saturated carbocycles. The van der Waals surface area contributed by atoms with Crippen molar-refractivity contribution in [2.75, 3.05) is 5.32 Å². The van der Waals surface area contributed by atoms with Crippen molar-refractivity contribution in [2.45, 2.75) is 6.92 Å². The average molecular weight is 219 g/mol. The van der Waals surface area contributed by atoms with E-state index in [1.54, 1.807) is 18.3 Å². The number of aromatic amines is 1. The lowest BCUT2D eigenvalue weighted by Crippen LogP contribution is -2.07. The summed E-state index contributed by atoms with van der Waals surface area (Å²) in [5.41, 5.74) is 0.837. The number of nitro groups is 1. The van der Waals surface area contributed by atoms with E-state index in [4.69, 9.17) is 0 Å². The molecule has 0 radical (unpaired) electrons. The van der Waals surface area contributed by atoms with E-state index in [1.807, 2.05) is 0 Å². The van der Waals surface area contributed by atoms with Gasteiger partial charge in [-0.2, -0.15) is 0 Å². The number of nitro benzene ring substituents is 1. The Kier molecular flexibility index (Phi) is 2.32. The van der Waals surface area contributed by atoms with Crippen molar-refractivity contribution in [3.05, 3.63) is 34.5 Å². The Hall–Kier alpha value is -2.37. The number of nitrogens with one attached hydrogen (secondary N) is 2. The fourth-order valence-electron chi connectivity index (χ4n) is 1.53. The molecule has 6 heteroatoms. The third-order valence-electron chi connectivity index (χ3n) is 2.18. The van der Waals surface area contributed by atoms with Crippen LogP contribution in [0.25, 0.3) is 10.9 Å². The van der Waals surface area contributed by atoms with Crippen LogP contribution in [0, 0.1) is 10.1 Å². The molecule has 2 aromatic rings. The second-order valence-corrected chi connectivity index (χ2v) is 3.37. The molecule has 1 heterocycles. The standard InChI is InChI=1S/C10H9N3O3/c1-6(14)12-9-5-8-7(2-3-11-8)4-10(9)13(15)16/h2-5,11H,1H3,(H,12,14). The fourth-order valence-corrected chi connectivity index (χ4v) is 1.53. The fraction of sp³-hybridized carbons (Fsp3) is 0.100. The molecule has 0 aliphatic heterocycles. The second kappa shape index (κ2) is 3.65. The van der Waals surface area contributed by atoms with Crippen LogP contribution in [0.4, 0.5) is 11.4 Å². The highest BCUT2D eigenvalue weighted by atomic mass is 16.6. The maximum atomic E-state index is 10.9. The number of anilines is 1. The first-order valence-electron chi connectivity index (χ1n) is 4.61. The van der Waals surface area contributed by atoms with Gasteiger partial charge in [0.1, 0.15) is 5.69 Å². The molecule has 0 atom stereocenters. The van der Waals surface area contributed by atoms with E-state index in [9.17, 15) is 14.9 Å². The molecule has 2 N–H and O–H groups in total. The van der Waals surface area contributed by atoms with Gasteiger partial charge in [0.25, 0.3) is 5.69 Å². The minimum atomic E-state index is -0.516. The molecule has 0 aliphatic rings. The van der Waals surface area contributed by atoms with Crippen LogP contribution in [-0.4, -0.2) is 15.8 Å². The number of hydrogen-bond donors (Lipinski definition) is 2. The van der Waals surface area contributed by atoms with Gasteiger partial charge in [-0.05, 0) is 12.1 Å². The summed E-state index contributed by atoms with van der Waals surface area (Å²) < 4.78 is 0. The number of rotatable bonds is 2. The van der Waals surface area contributed by atoms with Gasteiger partial charge in [-0.1, -0.05) is 0 Å². The largest absolute Gasteiger partial charge is 0.361 e. The SMILES string of the molecule is CC(=O)Nc1cc2[nH]ccc2cc1[N+](=O)[O-]. The minimum Gasteiger partial charge on any atom is -0.361 e. The maximum Gasteiger partial charge on any atom is 0.293 e. The Morgan fingerprint density at radius 3 is 2.88 bits per heavy atom. The summed E-state index contributed by atoms with van der Waals surface area (Å²) >= 11 is 0. The topological polar surface area (TPSA) is 88.0 Å². The van der Waals surface area contributed by atoms with E-state index in [1.165, 1.54) is 13.0 Å². The van der Waals surface area contributed by atoms with Crippen LogP contribution in [0.2, 0.25) is 0 Å². The number of benzene rings is 1. The van der Waals surface area contributed by atoms with Gasteiger partial charge in [-0.25, -0.2) is 0 Å². The predicted octanol–water partition coefficient (Wildman–Crippen LogP) is 2.03. The first-order chi connectivity index (χ1) is 7.58. The number of H-pyrrole nitrogens is 1. The number of carbonyl (C=O) groups is 1. The van der Waals surface area contributed by atoms with Gasteiger partial charge in [-0.15, -0.1) is 0 Å². The summed E-state index contributed by atoms with van der Waals surface area (Å²) in [4.78, 5) is 24.1. The molecule has 0 bridgehead atoms. The van der Waals surface area contributed by atoms with Crippen LogP contribution in [0.1, 0.15) is 6.92 Å². The van der Waals surface area contributed by atoms with Gasteiger partial charge >= 0.3 is 0 Å². The van der Waals surface area contributed by atoms with Crippen LogP contribution in [0.15, 0.2) is 24.4 Å². The molecule has 6 nitrogen and oxygen atoms in total. The smallest absolute Gasteiger partial charge is 0.293 e. The highest BCUT2D eigenvalue weighted by Gasteiger charge is 2.16.